The topological polar surface area (TPSA) is 67.8 Å². The quantitative estimate of drug-likeness (QED) is 0.407. The van der Waals surface area contributed by atoms with Gasteiger partial charge >= 0.3 is 6.18 Å². The molecule has 0 spiro atoms. The van der Waals surface area contributed by atoms with Crippen LogP contribution in [-0.2, 0) is 12.7 Å². The first kappa shape index (κ1) is 21.3. The van der Waals surface area contributed by atoms with E-state index in [9.17, 15) is 13.2 Å². The van der Waals surface area contributed by atoms with Gasteiger partial charge in [0.05, 0.1) is 25.8 Å². The molecular formula is C19H23F3N4O2. The summed E-state index contributed by atoms with van der Waals surface area (Å²) in [6, 6.07) is 9.75. The Hall–Kier alpha value is -2.97. The third-order valence-corrected chi connectivity index (χ3v) is 3.63. The molecule has 1 aromatic carbocycles. The van der Waals surface area contributed by atoms with Crippen LogP contribution in [0.3, 0.4) is 0 Å². The van der Waals surface area contributed by atoms with Crippen molar-refractivity contribution in [2.75, 3.05) is 26.8 Å². The average molecular weight is 396 g/mol. The minimum atomic E-state index is -4.41. The van der Waals surface area contributed by atoms with E-state index in [4.69, 9.17) is 9.47 Å². The number of guanidine groups is 1. The molecule has 152 valence electrons. The summed E-state index contributed by atoms with van der Waals surface area (Å²) < 4.78 is 48.0. The Labute approximate surface area is 161 Å². The molecule has 9 heteroatoms. The first-order valence-corrected chi connectivity index (χ1v) is 8.73. The van der Waals surface area contributed by atoms with Crippen LogP contribution in [0.2, 0.25) is 0 Å². The second kappa shape index (κ2) is 10.4. The van der Waals surface area contributed by atoms with Crippen molar-refractivity contribution in [3.63, 3.8) is 0 Å². The second-order valence-corrected chi connectivity index (χ2v) is 5.70. The van der Waals surface area contributed by atoms with Gasteiger partial charge in [0.2, 0.25) is 5.88 Å². The van der Waals surface area contributed by atoms with Crippen molar-refractivity contribution < 1.29 is 22.6 Å². The van der Waals surface area contributed by atoms with Crippen LogP contribution in [0.1, 0.15) is 18.1 Å². The number of hydrogen-bond acceptors (Lipinski definition) is 4. The Morgan fingerprint density at radius 2 is 1.86 bits per heavy atom. The van der Waals surface area contributed by atoms with Crippen molar-refractivity contribution in [3.05, 3.63) is 53.7 Å². The number of rotatable bonds is 8. The monoisotopic (exact) mass is 396 g/mol. The number of aliphatic imine (C=N–C) groups is 1. The van der Waals surface area contributed by atoms with Crippen molar-refractivity contribution in [3.8, 4) is 11.6 Å². The highest BCUT2D eigenvalue weighted by Gasteiger charge is 2.30. The van der Waals surface area contributed by atoms with Gasteiger partial charge in [-0.05, 0) is 30.7 Å². The number of methoxy groups -OCH3 is 1. The zero-order chi connectivity index (χ0) is 20.4. The highest BCUT2D eigenvalue weighted by molar-refractivity contribution is 5.79. The van der Waals surface area contributed by atoms with Gasteiger partial charge in [0.1, 0.15) is 12.4 Å². The minimum absolute atomic E-state index is 0.134. The van der Waals surface area contributed by atoms with Crippen LogP contribution < -0.4 is 20.1 Å². The fourth-order valence-electron chi connectivity index (χ4n) is 2.20. The summed E-state index contributed by atoms with van der Waals surface area (Å²) in [6.45, 7) is 3.77. The van der Waals surface area contributed by atoms with Crippen LogP contribution in [0.15, 0.2) is 47.6 Å². The van der Waals surface area contributed by atoms with Gasteiger partial charge in [-0.25, -0.2) is 9.98 Å². The van der Waals surface area contributed by atoms with Gasteiger partial charge in [0, 0.05) is 18.8 Å². The smallest absolute Gasteiger partial charge is 0.417 e. The van der Waals surface area contributed by atoms with E-state index in [1.54, 1.807) is 7.11 Å². The summed E-state index contributed by atoms with van der Waals surface area (Å²) in [5.41, 5.74) is 0.223. The van der Waals surface area contributed by atoms with Gasteiger partial charge in [-0.2, -0.15) is 13.2 Å². The number of nitrogens with one attached hydrogen (secondary N) is 2. The maximum atomic E-state index is 12.5. The normalized spacial score (nSPS) is 11.8. The van der Waals surface area contributed by atoms with Crippen molar-refractivity contribution in [2.45, 2.75) is 19.6 Å². The molecule has 0 saturated carbocycles. The van der Waals surface area contributed by atoms with Crippen LogP contribution in [0.25, 0.3) is 0 Å². The van der Waals surface area contributed by atoms with E-state index < -0.39 is 11.7 Å². The zero-order valence-corrected chi connectivity index (χ0v) is 15.7. The van der Waals surface area contributed by atoms with Crippen molar-refractivity contribution in [1.82, 2.24) is 15.6 Å². The summed E-state index contributed by atoms with van der Waals surface area (Å²) in [7, 11) is 1.61. The van der Waals surface area contributed by atoms with Crippen LogP contribution in [-0.4, -0.2) is 37.7 Å². The molecule has 28 heavy (non-hydrogen) atoms. The lowest BCUT2D eigenvalue weighted by molar-refractivity contribution is -0.137. The molecule has 1 aromatic heterocycles. The lowest BCUT2D eigenvalue weighted by atomic mass is 10.2. The van der Waals surface area contributed by atoms with Gasteiger partial charge in [0.25, 0.3) is 0 Å². The van der Waals surface area contributed by atoms with E-state index in [0.717, 1.165) is 23.6 Å². The third kappa shape index (κ3) is 6.98. The molecule has 0 aliphatic carbocycles. The Kier molecular flexibility index (Phi) is 7.91. The molecule has 6 nitrogen and oxygen atoms in total. The van der Waals surface area contributed by atoms with E-state index in [-0.39, 0.29) is 12.5 Å². The molecule has 0 fully saturated rings. The molecule has 0 aliphatic heterocycles. The van der Waals surface area contributed by atoms with Gasteiger partial charge in [0.15, 0.2) is 5.96 Å². The fraction of sp³-hybridized carbons (Fsp3) is 0.368. The Morgan fingerprint density at radius 1 is 1.11 bits per heavy atom. The summed E-state index contributed by atoms with van der Waals surface area (Å²) in [5, 5.41) is 6.22. The maximum absolute atomic E-state index is 12.5. The summed E-state index contributed by atoms with van der Waals surface area (Å²) >= 11 is 0. The number of nitrogens with zero attached hydrogens (tertiary/aromatic N) is 2. The van der Waals surface area contributed by atoms with E-state index in [2.05, 4.69) is 20.6 Å². The number of aromatic nitrogens is 1. The van der Waals surface area contributed by atoms with Crippen LogP contribution in [0.5, 0.6) is 11.6 Å². The van der Waals surface area contributed by atoms with E-state index in [1.807, 2.05) is 31.2 Å². The highest BCUT2D eigenvalue weighted by Crippen LogP contribution is 2.29. The molecule has 0 aliphatic rings. The molecule has 0 unspecified atom stereocenters. The predicted molar refractivity (Wildman–Crippen MR) is 101 cm³/mol. The molecule has 2 N–H and O–H groups in total. The van der Waals surface area contributed by atoms with Crippen molar-refractivity contribution in [2.24, 2.45) is 4.99 Å². The Balaban J connectivity index is 1.80. The average Bonchev–Trinajstić information content (AvgIpc) is 2.69. The number of pyridine rings is 1. The van der Waals surface area contributed by atoms with E-state index in [0.29, 0.717) is 25.6 Å². The zero-order valence-electron chi connectivity index (χ0n) is 15.7. The molecular weight excluding hydrogens is 373 g/mol. The standard InChI is InChI=1S/C19H23F3N4O2/c1-3-23-18(26-12-14-4-7-16(27-2)8-5-14)24-10-11-28-17-9-6-15(13-25-17)19(20,21)22/h4-9,13H,3,10-12H2,1-2H3,(H2,23,24,26). The summed E-state index contributed by atoms with van der Waals surface area (Å²) in [4.78, 5) is 8.14. The lowest BCUT2D eigenvalue weighted by Crippen LogP contribution is -2.39. The third-order valence-electron chi connectivity index (χ3n) is 3.63. The summed E-state index contributed by atoms with van der Waals surface area (Å²) in [5.74, 6) is 1.53. The molecule has 0 radical (unpaired) electrons. The summed E-state index contributed by atoms with van der Waals surface area (Å²) in [6.07, 6.45) is -3.66. The number of alkyl halides is 3. The molecule has 2 rings (SSSR count). The first-order valence-electron chi connectivity index (χ1n) is 8.73. The van der Waals surface area contributed by atoms with E-state index >= 15 is 0 Å². The first-order chi connectivity index (χ1) is 13.4. The van der Waals surface area contributed by atoms with Crippen LogP contribution in [0.4, 0.5) is 13.2 Å². The predicted octanol–water partition coefficient (Wildman–Crippen LogP) is 3.24. The fourth-order valence-corrected chi connectivity index (χ4v) is 2.20. The molecule has 1 heterocycles. The molecule has 0 saturated heterocycles. The lowest BCUT2D eigenvalue weighted by Gasteiger charge is -2.12. The second-order valence-electron chi connectivity index (χ2n) is 5.70. The van der Waals surface area contributed by atoms with Gasteiger partial charge in [-0.1, -0.05) is 12.1 Å². The van der Waals surface area contributed by atoms with Crippen LogP contribution >= 0.6 is 0 Å². The van der Waals surface area contributed by atoms with Gasteiger partial charge in [-0.3, -0.25) is 0 Å². The van der Waals surface area contributed by atoms with Crippen molar-refractivity contribution in [1.29, 1.82) is 0 Å². The number of ether oxygens (including phenoxy) is 2. The maximum Gasteiger partial charge on any atom is 0.417 e. The Morgan fingerprint density at radius 3 is 2.43 bits per heavy atom. The number of halogens is 3. The molecule has 0 bridgehead atoms. The minimum Gasteiger partial charge on any atom is -0.497 e. The number of hydrogen-bond donors (Lipinski definition) is 2. The highest BCUT2D eigenvalue weighted by atomic mass is 19.4. The number of benzene rings is 1. The molecule has 2 aromatic rings. The SMILES string of the molecule is CCNC(=NCc1ccc(OC)cc1)NCCOc1ccc(C(F)(F)F)cn1. The largest absolute Gasteiger partial charge is 0.497 e. The van der Waals surface area contributed by atoms with Gasteiger partial charge in [-0.15, -0.1) is 0 Å². The van der Waals surface area contributed by atoms with Gasteiger partial charge < -0.3 is 20.1 Å². The van der Waals surface area contributed by atoms with Crippen molar-refractivity contribution >= 4 is 5.96 Å². The molecule has 0 amide bonds. The van der Waals surface area contributed by atoms with E-state index in [1.165, 1.54) is 6.07 Å². The van der Waals surface area contributed by atoms with Crippen LogP contribution in [0, 0.1) is 0 Å². The molecule has 0 atom stereocenters. The Bertz CT molecular complexity index is 747.